The maximum atomic E-state index is 12.8. The Bertz CT molecular complexity index is 999. The van der Waals surface area contributed by atoms with Crippen LogP contribution in [0.2, 0.25) is 0 Å². The first-order chi connectivity index (χ1) is 13.6. The van der Waals surface area contributed by atoms with Gasteiger partial charge in [0, 0.05) is 13.1 Å². The number of amides is 1. The lowest BCUT2D eigenvalue weighted by Crippen LogP contribution is -2.32. The fraction of sp³-hybridized carbons (Fsp3) is 0.318. The van der Waals surface area contributed by atoms with Gasteiger partial charge in [0.05, 0.1) is 11.0 Å². The SMILES string of the molecule is Cc1cccc(OC(C)C(=O)Nc2nc3ccccc3nc2N2CCCC2)c1. The Morgan fingerprint density at radius 3 is 2.50 bits per heavy atom. The van der Waals surface area contributed by atoms with Crippen molar-refractivity contribution < 1.29 is 9.53 Å². The van der Waals surface area contributed by atoms with Gasteiger partial charge in [0.1, 0.15) is 5.75 Å². The molecule has 1 saturated heterocycles. The Kier molecular flexibility index (Phi) is 5.10. The molecule has 28 heavy (non-hydrogen) atoms. The predicted molar refractivity (Wildman–Crippen MR) is 111 cm³/mol. The van der Waals surface area contributed by atoms with E-state index in [0.717, 1.165) is 48.3 Å². The average molecular weight is 376 g/mol. The Morgan fingerprint density at radius 1 is 1.07 bits per heavy atom. The van der Waals surface area contributed by atoms with Crippen molar-refractivity contribution in [1.82, 2.24) is 9.97 Å². The summed E-state index contributed by atoms with van der Waals surface area (Å²) in [6, 6.07) is 15.4. The van der Waals surface area contributed by atoms with Crippen LogP contribution in [0, 0.1) is 6.92 Å². The second-order valence-corrected chi connectivity index (χ2v) is 7.14. The van der Waals surface area contributed by atoms with Crippen LogP contribution >= 0.6 is 0 Å². The highest BCUT2D eigenvalue weighted by Crippen LogP contribution is 2.28. The van der Waals surface area contributed by atoms with Crippen molar-refractivity contribution in [3.05, 3.63) is 54.1 Å². The zero-order valence-corrected chi connectivity index (χ0v) is 16.2. The Labute approximate surface area is 164 Å². The van der Waals surface area contributed by atoms with Gasteiger partial charge in [0.15, 0.2) is 17.7 Å². The van der Waals surface area contributed by atoms with E-state index in [9.17, 15) is 4.79 Å². The minimum Gasteiger partial charge on any atom is -0.481 e. The molecule has 0 saturated carbocycles. The molecule has 3 aromatic rings. The number of aromatic nitrogens is 2. The molecule has 1 aliphatic heterocycles. The van der Waals surface area contributed by atoms with Crippen molar-refractivity contribution in [3.63, 3.8) is 0 Å². The molecule has 1 aromatic heterocycles. The molecule has 1 amide bonds. The van der Waals surface area contributed by atoms with Gasteiger partial charge in [-0.15, -0.1) is 0 Å². The third-order valence-corrected chi connectivity index (χ3v) is 4.87. The first-order valence-electron chi connectivity index (χ1n) is 9.66. The molecule has 0 radical (unpaired) electrons. The number of rotatable bonds is 5. The molecule has 1 aliphatic rings. The van der Waals surface area contributed by atoms with Gasteiger partial charge in [-0.05, 0) is 56.5 Å². The number of aryl methyl sites for hydroxylation is 1. The molecule has 6 heteroatoms. The fourth-order valence-corrected chi connectivity index (χ4v) is 3.39. The van der Waals surface area contributed by atoms with Crippen molar-refractivity contribution in [2.75, 3.05) is 23.3 Å². The Hall–Kier alpha value is -3.15. The topological polar surface area (TPSA) is 67.3 Å². The van der Waals surface area contributed by atoms with Crippen LogP contribution in [0.1, 0.15) is 25.3 Å². The van der Waals surface area contributed by atoms with Crippen LogP contribution in [-0.2, 0) is 4.79 Å². The lowest BCUT2D eigenvalue weighted by molar-refractivity contribution is -0.122. The van der Waals surface area contributed by atoms with Crippen LogP contribution in [0.15, 0.2) is 48.5 Å². The second kappa shape index (κ2) is 7.84. The monoisotopic (exact) mass is 376 g/mol. The molecule has 144 valence electrons. The quantitative estimate of drug-likeness (QED) is 0.730. The predicted octanol–water partition coefficient (Wildman–Crippen LogP) is 3.94. The second-order valence-electron chi connectivity index (χ2n) is 7.14. The highest BCUT2D eigenvalue weighted by Gasteiger charge is 2.23. The number of ether oxygens (including phenoxy) is 1. The molecule has 1 atom stereocenters. The summed E-state index contributed by atoms with van der Waals surface area (Å²) >= 11 is 0. The van der Waals surface area contributed by atoms with E-state index >= 15 is 0 Å². The summed E-state index contributed by atoms with van der Waals surface area (Å²) in [5, 5.41) is 2.93. The average Bonchev–Trinajstić information content (AvgIpc) is 3.22. The minimum absolute atomic E-state index is 0.244. The van der Waals surface area contributed by atoms with Crippen molar-refractivity contribution in [3.8, 4) is 5.75 Å². The number of nitrogens with one attached hydrogen (secondary N) is 1. The maximum Gasteiger partial charge on any atom is 0.266 e. The van der Waals surface area contributed by atoms with E-state index in [-0.39, 0.29) is 5.91 Å². The summed E-state index contributed by atoms with van der Waals surface area (Å²) in [4.78, 5) is 24.4. The lowest BCUT2D eigenvalue weighted by atomic mass is 10.2. The summed E-state index contributed by atoms with van der Waals surface area (Å²) in [5.41, 5.74) is 2.67. The standard InChI is InChI=1S/C22H24N4O2/c1-15-8-7-9-17(14-15)28-16(2)22(27)25-20-21(26-12-5-6-13-26)24-19-11-4-3-10-18(19)23-20/h3-4,7-11,14,16H,5-6,12-13H2,1-2H3,(H,23,25,27). The number of benzene rings is 2. The molecule has 4 rings (SSSR count). The van der Waals surface area contributed by atoms with Gasteiger partial charge in [-0.3, -0.25) is 4.79 Å². The van der Waals surface area contributed by atoms with Crippen LogP contribution in [0.25, 0.3) is 11.0 Å². The number of nitrogens with zero attached hydrogens (tertiary/aromatic N) is 3. The highest BCUT2D eigenvalue weighted by molar-refractivity contribution is 5.96. The molecule has 2 heterocycles. The van der Waals surface area contributed by atoms with Crippen LogP contribution in [-0.4, -0.2) is 35.1 Å². The van der Waals surface area contributed by atoms with Gasteiger partial charge in [-0.25, -0.2) is 9.97 Å². The number of carbonyl (C=O) groups is 1. The molecule has 0 aliphatic carbocycles. The summed E-state index contributed by atoms with van der Waals surface area (Å²) in [6.07, 6.45) is 1.59. The Balaban J connectivity index is 1.58. The normalized spacial score (nSPS) is 14.9. The molecular weight excluding hydrogens is 352 g/mol. The van der Waals surface area contributed by atoms with Gasteiger partial charge < -0.3 is 15.0 Å². The first-order valence-corrected chi connectivity index (χ1v) is 9.66. The van der Waals surface area contributed by atoms with Crippen molar-refractivity contribution in [1.29, 1.82) is 0 Å². The summed E-state index contributed by atoms with van der Waals surface area (Å²) in [6.45, 7) is 5.57. The maximum absolute atomic E-state index is 12.8. The number of hydrogen-bond acceptors (Lipinski definition) is 5. The molecule has 0 bridgehead atoms. The molecule has 1 unspecified atom stereocenters. The van der Waals surface area contributed by atoms with Crippen molar-refractivity contribution in [2.24, 2.45) is 0 Å². The molecule has 1 N–H and O–H groups in total. The third-order valence-electron chi connectivity index (χ3n) is 4.87. The van der Waals surface area contributed by atoms with Crippen molar-refractivity contribution in [2.45, 2.75) is 32.8 Å². The van der Waals surface area contributed by atoms with Crippen LogP contribution in [0.3, 0.4) is 0 Å². The third kappa shape index (κ3) is 3.91. The number of anilines is 2. The van der Waals surface area contributed by atoms with E-state index in [1.54, 1.807) is 6.92 Å². The summed E-state index contributed by atoms with van der Waals surface area (Å²) in [5.74, 6) is 1.65. The highest BCUT2D eigenvalue weighted by atomic mass is 16.5. The van der Waals surface area contributed by atoms with E-state index in [0.29, 0.717) is 11.6 Å². The summed E-state index contributed by atoms with van der Waals surface area (Å²) in [7, 11) is 0. The Morgan fingerprint density at radius 2 is 1.79 bits per heavy atom. The number of fused-ring (bicyclic) bond motifs is 1. The zero-order chi connectivity index (χ0) is 19.5. The number of carbonyl (C=O) groups excluding carboxylic acids is 1. The molecule has 2 aromatic carbocycles. The van der Waals surface area contributed by atoms with Crippen LogP contribution in [0.5, 0.6) is 5.75 Å². The van der Waals surface area contributed by atoms with E-state index in [1.807, 2.05) is 55.5 Å². The van der Waals surface area contributed by atoms with E-state index in [2.05, 4.69) is 15.2 Å². The first kappa shape index (κ1) is 18.2. The molecular formula is C22H24N4O2. The van der Waals surface area contributed by atoms with Crippen LogP contribution in [0.4, 0.5) is 11.6 Å². The fourth-order valence-electron chi connectivity index (χ4n) is 3.39. The van der Waals surface area contributed by atoms with E-state index < -0.39 is 6.10 Å². The van der Waals surface area contributed by atoms with Gasteiger partial charge >= 0.3 is 0 Å². The zero-order valence-electron chi connectivity index (χ0n) is 16.2. The largest absolute Gasteiger partial charge is 0.481 e. The van der Waals surface area contributed by atoms with E-state index in [1.165, 1.54) is 0 Å². The van der Waals surface area contributed by atoms with Gasteiger partial charge in [-0.1, -0.05) is 24.3 Å². The smallest absolute Gasteiger partial charge is 0.266 e. The molecule has 1 fully saturated rings. The number of para-hydroxylation sites is 2. The van der Waals surface area contributed by atoms with Crippen molar-refractivity contribution >= 4 is 28.6 Å². The lowest BCUT2D eigenvalue weighted by Gasteiger charge is -2.21. The van der Waals surface area contributed by atoms with Gasteiger partial charge in [0.2, 0.25) is 0 Å². The molecule has 0 spiro atoms. The van der Waals surface area contributed by atoms with Gasteiger partial charge in [0.25, 0.3) is 5.91 Å². The van der Waals surface area contributed by atoms with Gasteiger partial charge in [-0.2, -0.15) is 0 Å². The summed E-state index contributed by atoms with van der Waals surface area (Å²) < 4.78 is 5.81. The molecule has 6 nitrogen and oxygen atoms in total. The minimum atomic E-state index is -0.651. The van der Waals surface area contributed by atoms with E-state index in [4.69, 9.17) is 9.72 Å². The number of hydrogen-bond donors (Lipinski definition) is 1. The van der Waals surface area contributed by atoms with Crippen LogP contribution < -0.4 is 15.0 Å².